The maximum absolute atomic E-state index is 12.0. The number of aromatic nitrogens is 1. The van der Waals surface area contributed by atoms with E-state index in [2.05, 4.69) is 10.3 Å². The molecule has 0 radical (unpaired) electrons. The molecule has 0 bridgehead atoms. The number of methoxy groups -OCH3 is 1. The minimum absolute atomic E-state index is 0.263. The number of benzene rings is 1. The lowest BCUT2D eigenvalue weighted by Gasteiger charge is -2.11. The van der Waals surface area contributed by atoms with E-state index in [1.807, 2.05) is 18.4 Å². The molecule has 0 spiro atoms. The quantitative estimate of drug-likeness (QED) is 0.408. The molecule has 0 atom stereocenters. The maximum Gasteiger partial charge on any atom is 0.341 e. The predicted octanol–water partition coefficient (Wildman–Crippen LogP) is 2.16. The van der Waals surface area contributed by atoms with Crippen LogP contribution in [0.3, 0.4) is 0 Å². The van der Waals surface area contributed by atoms with Crippen LogP contribution in [0, 0.1) is 0 Å². The standard InChI is InChI=1S/C18H20N2O5S/c1-23-14-7-3-4-8-15(14)24-11-10-19-16(21)12-25-18(22)13-6-5-9-20-17(13)26-2/h3-9H,10-12H2,1-2H3,(H,19,21). The van der Waals surface area contributed by atoms with Gasteiger partial charge in [-0.15, -0.1) is 11.8 Å². The van der Waals surface area contributed by atoms with Crippen molar-refractivity contribution >= 4 is 23.6 Å². The molecule has 2 aromatic rings. The van der Waals surface area contributed by atoms with E-state index >= 15 is 0 Å². The molecule has 0 aliphatic carbocycles. The molecule has 7 nitrogen and oxygen atoms in total. The average Bonchev–Trinajstić information content (AvgIpc) is 2.69. The summed E-state index contributed by atoms with van der Waals surface area (Å²) in [6, 6.07) is 10.5. The summed E-state index contributed by atoms with van der Waals surface area (Å²) in [7, 11) is 1.56. The number of nitrogens with zero attached hydrogens (tertiary/aromatic N) is 1. The van der Waals surface area contributed by atoms with E-state index in [0.29, 0.717) is 22.1 Å². The lowest BCUT2D eigenvalue weighted by molar-refractivity contribution is -0.124. The van der Waals surface area contributed by atoms with Gasteiger partial charge in [-0.1, -0.05) is 12.1 Å². The number of esters is 1. The Morgan fingerprint density at radius 3 is 2.65 bits per heavy atom. The van der Waals surface area contributed by atoms with Crippen LogP contribution >= 0.6 is 11.8 Å². The number of nitrogens with one attached hydrogen (secondary N) is 1. The van der Waals surface area contributed by atoms with Gasteiger partial charge in [0.2, 0.25) is 0 Å². The van der Waals surface area contributed by atoms with Crippen LogP contribution in [-0.4, -0.2) is 50.0 Å². The number of pyridine rings is 1. The number of para-hydroxylation sites is 2. The van der Waals surface area contributed by atoms with Gasteiger partial charge in [-0.2, -0.15) is 0 Å². The summed E-state index contributed by atoms with van der Waals surface area (Å²) in [5, 5.41) is 3.18. The van der Waals surface area contributed by atoms with Crippen molar-refractivity contribution < 1.29 is 23.8 Å². The summed E-state index contributed by atoms with van der Waals surface area (Å²) in [6.45, 7) is 0.173. The fourth-order valence-corrected chi connectivity index (χ4v) is 2.60. The molecule has 0 fully saturated rings. The highest BCUT2D eigenvalue weighted by Crippen LogP contribution is 2.25. The number of amides is 1. The summed E-state index contributed by atoms with van der Waals surface area (Å²) in [5.41, 5.74) is 0.340. The highest BCUT2D eigenvalue weighted by Gasteiger charge is 2.14. The first-order chi connectivity index (χ1) is 12.7. The van der Waals surface area contributed by atoms with Gasteiger partial charge in [-0.3, -0.25) is 4.79 Å². The van der Waals surface area contributed by atoms with E-state index in [1.165, 1.54) is 11.8 Å². The molecule has 0 aliphatic rings. The van der Waals surface area contributed by atoms with Crippen molar-refractivity contribution in [3.63, 3.8) is 0 Å². The fraction of sp³-hybridized carbons (Fsp3) is 0.278. The zero-order valence-corrected chi connectivity index (χ0v) is 15.4. The van der Waals surface area contributed by atoms with E-state index < -0.39 is 11.9 Å². The van der Waals surface area contributed by atoms with E-state index in [4.69, 9.17) is 14.2 Å². The van der Waals surface area contributed by atoms with Gasteiger partial charge in [0.1, 0.15) is 11.6 Å². The van der Waals surface area contributed by atoms with Crippen LogP contribution in [0.4, 0.5) is 0 Å². The SMILES string of the molecule is COc1ccccc1OCCNC(=O)COC(=O)c1cccnc1SC. The van der Waals surface area contributed by atoms with Crippen molar-refractivity contribution in [3.8, 4) is 11.5 Å². The molecule has 0 saturated heterocycles. The minimum atomic E-state index is -0.581. The van der Waals surface area contributed by atoms with Crippen molar-refractivity contribution in [2.75, 3.05) is 33.1 Å². The Kier molecular flexibility index (Phi) is 7.75. The maximum atomic E-state index is 12.0. The molecule has 1 heterocycles. The second-order valence-electron chi connectivity index (χ2n) is 4.99. The second kappa shape index (κ2) is 10.3. The fourth-order valence-electron chi connectivity index (χ4n) is 2.06. The van der Waals surface area contributed by atoms with E-state index in [1.54, 1.807) is 37.6 Å². The Bertz CT molecular complexity index is 754. The van der Waals surface area contributed by atoms with E-state index in [-0.39, 0.29) is 19.8 Å². The third-order valence-corrected chi connectivity index (χ3v) is 3.98. The molecule has 0 aliphatic heterocycles. The van der Waals surface area contributed by atoms with Crippen LogP contribution in [-0.2, 0) is 9.53 Å². The van der Waals surface area contributed by atoms with E-state index in [0.717, 1.165) is 0 Å². The first-order valence-electron chi connectivity index (χ1n) is 7.84. The van der Waals surface area contributed by atoms with Gasteiger partial charge in [-0.05, 0) is 30.5 Å². The van der Waals surface area contributed by atoms with Gasteiger partial charge in [0, 0.05) is 6.20 Å². The first kappa shape index (κ1) is 19.6. The lowest BCUT2D eigenvalue weighted by atomic mass is 10.3. The normalized spacial score (nSPS) is 10.1. The summed E-state index contributed by atoms with van der Waals surface area (Å²) in [6.07, 6.45) is 3.41. The van der Waals surface area contributed by atoms with Crippen molar-refractivity contribution in [1.29, 1.82) is 0 Å². The molecule has 138 valence electrons. The lowest BCUT2D eigenvalue weighted by Crippen LogP contribution is -2.32. The van der Waals surface area contributed by atoms with Crippen molar-refractivity contribution in [2.24, 2.45) is 0 Å². The average molecular weight is 376 g/mol. The number of thioether (sulfide) groups is 1. The van der Waals surface area contributed by atoms with Gasteiger partial charge < -0.3 is 19.5 Å². The zero-order valence-electron chi connectivity index (χ0n) is 14.6. The molecular formula is C18H20N2O5S. The highest BCUT2D eigenvalue weighted by atomic mass is 32.2. The number of carbonyl (C=O) groups excluding carboxylic acids is 2. The molecule has 1 aromatic heterocycles. The van der Waals surface area contributed by atoms with E-state index in [9.17, 15) is 9.59 Å². The van der Waals surface area contributed by atoms with Crippen LogP contribution in [0.15, 0.2) is 47.6 Å². The molecule has 0 unspecified atom stereocenters. The number of carbonyl (C=O) groups is 2. The summed E-state index contributed by atoms with van der Waals surface area (Å²) < 4.78 is 15.7. The zero-order chi connectivity index (χ0) is 18.8. The van der Waals surface area contributed by atoms with Crippen LogP contribution < -0.4 is 14.8 Å². The second-order valence-corrected chi connectivity index (χ2v) is 5.78. The Morgan fingerprint density at radius 2 is 1.92 bits per heavy atom. The molecule has 1 amide bonds. The smallest absolute Gasteiger partial charge is 0.341 e. The van der Waals surface area contributed by atoms with Crippen LogP contribution in [0.2, 0.25) is 0 Å². The number of hydrogen-bond donors (Lipinski definition) is 1. The molecule has 26 heavy (non-hydrogen) atoms. The summed E-state index contributed by atoms with van der Waals surface area (Å²) in [5.74, 6) is 0.227. The number of ether oxygens (including phenoxy) is 3. The van der Waals surface area contributed by atoms with Crippen molar-refractivity contribution in [1.82, 2.24) is 10.3 Å². The topological polar surface area (TPSA) is 86.8 Å². The van der Waals surface area contributed by atoms with Gasteiger partial charge in [0.25, 0.3) is 5.91 Å². The molecule has 0 saturated carbocycles. The largest absolute Gasteiger partial charge is 0.493 e. The molecule has 1 N–H and O–H groups in total. The predicted molar refractivity (Wildman–Crippen MR) is 97.8 cm³/mol. The Morgan fingerprint density at radius 1 is 1.15 bits per heavy atom. The Hall–Kier alpha value is -2.74. The number of rotatable bonds is 9. The Labute approximate surface area is 156 Å². The third kappa shape index (κ3) is 5.66. The van der Waals surface area contributed by atoms with Gasteiger partial charge in [0.05, 0.1) is 19.2 Å². The minimum Gasteiger partial charge on any atom is -0.493 e. The Balaban J connectivity index is 1.71. The summed E-state index contributed by atoms with van der Waals surface area (Å²) in [4.78, 5) is 27.9. The molecule has 2 rings (SSSR count). The molecular weight excluding hydrogens is 356 g/mol. The van der Waals surface area contributed by atoms with Gasteiger partial charge in [-0.25, -0.2) is 9.78 Å². The van der Waals surface area contributed by atoms with Gasteiger partial charge >= 0.3 is 5.97 Å². The summed E-state index contributed by atoms with van der Waals surface area (Å²) >= 11 is 1.34. The molecule has 8 heteroatoms. The van der Waals surface area contributed by atoms with Crippen LogP contribution in [0.1, 0.15) is 10.4 Å². The van der Waals surface area contributed by atoms with Crippen LogP contribution in [0.25, 0.3) is 0 Å². The first-order valence-corrected chi connectivity index (χ1v) is 9.06. The molecule has 1 aromatic carbocycles. The third-order valence-electron chi connectivity index (χ3n) is 3.27. The monoisotopic (exact) mass is 376 g/mol. The highest BCUT2D eigenvalue weighted by molar-refractivity contribution is 7.98. The van der Waals surface area contributed by atoms with Crippen LogP contribution in [0.5, 0.6) is 11.5 Å². The number of hydrogen-bond acceptors (Lipinski definition) is 7. The van der Waals surface area contributed by atoms with Crippen molar-refractivity contribution in [2.45, 2.75) is 5.03 Å². The van der Waals surface area contributed by atoms with Gasteiger partial charge in [0.15, 0.2) is 18.1 Å². The van der Waals surface area contributed by atoms with Crippen molar-refractivity contribution in [3.05, 3.63) is 48.2 Å².